The average molecular weight is 451 g/mol. The van der Waals surface area contributed by atoms with E-state index in [9.17, 15) is 4.79 Å². The first-order valence-electron chi connectivity index (χ1n) is 11.1. The highest BCUT2D eigenvalue weighted by Crippen LogP contribution is 2.34. The van der Waals surface area contributed by atoms with Gasteiger partial charge in [0, 0.05) is 29.6 Å². The van der Waals surface area contributed by atoms with E-state index in [1.54, 1.807) is 14.2 Å². The first-order chi connectivity index (χ1) is 16.0. The highest BCUT2D eigenvalue weighted by molar-refractivity contribution is 5.95. The Bertz CT molecular complexity index is 1120. The van der Waals surface area contributed by atoms with E-state index in [0.717, 1.165) is 30.6 Å². The average Bonchev–Trinajstić information content (AvgIpc) is 3.34. The number of nitrogens with one attached hydrogen (secondary N) is 1. The zero-order valence-corrected chi connectivity index (χ0v) is 19.5. The standard InChI is InChI=1S/C24H30N6O3/c1-5-30-27-23(26-28-30)17-7-6-8-18(13-17)24(31)25-20-11-12-29(2)15-19(20)16-9-10-21(32-3)22(14-16)33-4/h6-10,13-14,19-20H,5,11-12,15H2,1-4H3,(H,25,31). The number of carbonyl (C=O) groups excluding carboxylic acids is 1. The molecule has 174 valence electrons. The minimum Gasteiger partial charge on any atom is -0.493 e. The summed E-state index contributed by atoms with van der Waals surface area (Å²) >= 11 is 0. The van der Waals surface area contributed by atoms with Crippen LogP contribution in [0.15, 0.2) is 42.5 Å². The first-order valence-corrected chi connectivity index (χ1v) is 11.1. The number of ether oxygens (including phenoxy) is 2. The Morgan fingerprint density at radius 3 is 2.70 bits per heavy atom. The third kappa shape index (κ3) is 4.98. The Hall–Kier alpha value is -3.46. The van der Waals surface area contributed by atoms with Crippen LogP contribution in [0.4, 0.5) is 0 Å². The molecule has 0 bridgehead atoms. The van der Waals surface area contributed by atoms with Gasteiger partial charge in [-0.1, -0.05) is 18.2 Å². The summed E-state index contributed by atoms with van der Waals surface area (Å²) in [5.41, 5.74) is 2.45. The molecule has 4 rings (SSSR count). The Morgan fingerprint density at radius 1 is 1.15 bits per heavy atom. The SMILES string of the molecule is CCn1nnc(-c2cccc(C(=O)NC3CCN(C)CC3c3ccc(OC)c(OC)c3)c2)n1. The van der Waals surface area contributed by atoms with Gasteiger partial charge in [0.15, 0.2) is 11.5 Å². The maximum absolute atomic E-state index is 13.2. The first kappa shape index (κ1) is 22.7. The zero-order chi connectivity index (χ0) is 23.4. The van der Waals surface area contributed by atoms with Crippen LogP contribution in [0.1, 0.15) is 35.2 Å². The smallest absolute Gasteiger partial charge is 0.251 e. The Kier molecular flexibility index (Phi) is 6.88. The molecule has 9 heteroatoms. The van der Waals surface area contributed by atoms with Crippen LogP contribution in [0.25, 0.3) is 11.4 Å². The van der Waals surface area contributed by atoms with Gasteiger partial charge < -0.3 is 19.7 Å². The molecule has 2 atom stereocenters. The number of aryl methyl sites for hydroxylation is 1. The number of methoxy groups -OCH3 is 2. The van der Waals surface area contributed by atoms with Crippen LogP contribution in [-0.2, 0) is 6.54 Å². The largest absolute Gasteiger partial charge is 0.493 e. The molecule has 1 N–H and O–H groups in total. The molecule has 1 aliphatic heterocycles. The number of carbonyl (C=O) groups is 1. The van der Waals surface area contributed by atoms with Crippen molar-refractivity contribution in [2.24, 2.45) is 0 Å². The topological polar surface area (TPSA) is 94.4 Å². The van der Waals surface area contributed by atoms with Crippen molar-refractivity contribution >= 4 is 5.91 Å². The number of hydrogen-bond acceptors (Lipinski definition) is 7. The molecule has 1 aromatic heterocycles. The predicted octanol–water partition coefficient (Wildman–Crippen LogP) is 2.59. The molecular formula is C24H30N6O3. The molecule has 3 aromatic rings. The van der Waals surface area contributed by atoms with Crippen LogP contribution in [0, 0.1) is 0 Å². The van der Waals surface area contributed by atoms with E-state index in [0.29, 0.717) is 29.4 Å². The molecule has 1 aliphatic rings. The Morgan fingerprint density at radius 2 is 1.97 bits per heavy atom. The molecule has 2 aromatic carbocycles. The molecule has 1 saturated heterocycles. The molecule has 0 aliphatic carbocycles. The summed E-state index contributed by atoms with van der Waals surface area (Å²) < 4.78 is 10.9. The highest BCUT2D eigenvalue weighted by Gasteiger charge is 2.31. The summed E-state index contributed by atoms with van der Waals surface area (Å²) in [6.07, 6.45) is 0.854. The molecule has 0 radical (unpaired) electrons. The van der Waals surface area contributed by atoms with Crippen molar-refractivity contribution in [2.75, 3.05) is 34.4 Å². The lowest BCUT2D eigenvalue weighted by molar-refractivity contribution is 0.0904. The minimum atomic E-state index is -0.111. The number of tetrazole rings is 1. The van der Waals surface area contributed by atoms with Crippen LogP contribution in [0.5, 0.6) is 11.5 Å². The van der Waals surface area contributed by atoms with Crippen molar-refractivity contribution < 1.29 is 14.3 Å². The molecule has 33 heavy (non-hydrogen) atoms. The lowest BCUT2D eigenvalue weighted by Crippen LogP contribution is -2.48. The molecule has 1 amide bonds. The van der Waals surface area contributed by atoms with Gasteiger partial charge in [-0.15, -0.1) is 10.2 Å². The van der Waals surface area contributed by atoms with Crippen molar-refractivity contribution in [3.63, 3.8) is 0 Å². The molecular weight excluding hydrogens is 420 g/mol. The summed E-state index contributed by atoms with van der Waals surface area (Å²) in [5, 5.41) is 15.7. The van der Waals surface area contributed by atoms with Gasteiger partial charge in [0.1, 0.15) is 0 Å². The van der Waals surface area contributed by atoms with Crippen molar-refractivity contribution in [2.45, 2.75) is 31.8 Å². The van der Waals surface area contributed by atoms with E-state index in [-0.39, 0.29) is 17.9 Å². The van der Waals surface area contributed by atoms with Crippen LogP contribution < -0.4 is 14.8 Å². The third-order valence-electron chi connectivity index (χ3n) is 6.09. The molecule has 2 unspecified atom stereocenters. The zero-order valence-electron chi connectivity index (χ0n) is 19.5. The normalized spacial score (nSPS) is 18.7. The second kappa shape index (κ2) is 9.99. The van der Waals surface area contributed by atoms with Gasteiger partial charge in [0.25, 0.3) is 5.91 Å². The van der Waals surface area contributed by atoms with Gasteiger partial charge >= 0.3 is 0 Å². The molecule has 0 spiro atoms. The monoisotopic (exact) mass is 450 g/mol. The van der Waals surface area contributed by atoms with E-state index >= 15 is 0 Å². The van der Waals surface area contributed by atoms with Gasteiger partial charge in [-0.3, -0.25) is 4.79 Å². The van der Waals surface area contributed by atoms with Crippen molar-refractivity contribution in [3.8, 4) is 22.9 Å². The minimum absolute atomic E-state index is 0.00505. The maximum atomic E-state index is 13.2. The summed E-state index contributed by atoms with van der Waals surface area (Å²) in [6.45, 7) is 4.34. The lowest BCUT2D eigenvalue weighted by atomic mass is 9.85. The van der Waals surface area contributed by atoms with E-state index in [1.807, 2.05) is 49.4 Å². The quantitative estimate of drug-likeness (QED) is 0.591. The molecule has 9 nitrogen and oxygen atoms in total. The van der Waals surface area contributed by atoms with Gasteiger partial charge in [-0.25, -0.2) is 0 Å². The van der Waals surface area contributed by atoms with Crippen molar-refractivity contribution in [3.05, 3.63) is 53.6 Å². The van der Waals surface area contributed by atoms with Crippen LogP contribution >= 0.6 is 0 Å². The number of likely N-dealkylation sites (N-methyl/N-ethyl adjacent to an activating group) is 1. The summed E-state index contributed by atoms with van der Waals surface area (Å²) in [6, 6.07) is 13.3. The second-order valence-corrected chi connectivity index (χ2v) is 8.23. The second-order valence-electron chi connectivity index (χ2n) is 8.23. The number of aromatic nitrogens is 4. The fourth-order valence-electron chi connectivity index (χ4n) is 4.25. The number of piperidine rings is 1. The summed E-state index contributed by atoms with van der Waals surface area (Å²) in [4.78, 5) is 17.0. The number of rotatable bonds is 7. The van der Waals surface area contributed by atoms with Crippen LogP contribution in [0.2, 0.25) is 0 Å². The van der Waals surface area contributed by atoms with Gasteiger partial charge in [-0.05, 0) is 62.0 Å². The highest BCUT2D eigenvalue weighted by atomic mass is 16.5. The Labute approximate surface area is 193 Å². The molecule has 1 fully saturated rings. The fraction of sp³-hybridized carbons (Fsp3) is 0.417. The summed E-state index contributed by atoms with van der Waals surface area (Å²) in [7, 11) is 5.36. The Balaban J connectivity index is 1.55. The lowest BCUT2D eigenvalue weighted by Gasteiger charge is -2.37. The predicted molar refractivity (Wildman–Crippen MR) is 125 cm³/mol. The van der Waals surface area contributed by atoms with Gasteiger partial charge in [0.2, 0.25) is 5.82 Å². The van der Waals surface area contributed by atoms with Gasteiger partial charge in [0.05, 0.1) is 20.8 Å². The van der Waals surface area contributed by atoms with E-state index in [1.165, 1.54) is 4.80 Å². The number of amides is 1. The van der Waals surface area contributed by atoms with E-state index in [4.69, 9.17) is 9.47 Å². The van der Waals surface area contributed by atoms with Crippen molar-refractivity contribution in [1.82, 2.24) is 30.4 Å². The van der Waals surface area contributed by atoms with Crippen LogP contribution in [-0.4, -0.2) is 71.4 Å². The van der Waals surface area contributed by atoms with Crippen LogP contribution in [0.3, 0.4) is 0 Å². The fourth-order valence-corrected chi connectivity index (χ4v) is 4.25. The number of benzene rings is 2. The number of hydrogen-bond donors (Lipinski definition) is 1. The van der Waals surface area contributed by atoms with E-state index < -0.39 is 0 Å². The third-order valence-corrected chi connectivity index (χ3v) is 6.09. The summed E-state index contributed by atoms with van der Waals surface area (Å²) in [5.74, 6) is 1.90. The van der Waals surface area contributed by atoms with Crippen molar-refractivity contribution in [1.29, 1.82) is 0 Å². The van der Waals surface area contributed by atoms with Gasteiger partial charge in [-0.2, -0.15) is 4.80 Å². The van der Waals surface area contributed by atoms with E-state index in [2.05, 4.69) is 32.7 Å². The molecule has 2 heterocycles. The maximum Gasteiger partial charge on any atom is 0.251 e. The number of nitrogens with zero attached hydrogens (tertiary/aromatic N) is 5. The molecule has 0 saturated carbocycles. The number of likely N-dealkylation sites (tertiary alicyclic amines) is 1.